The van der Waals surface area contributed by atoms with Crippen molar-refractivity contribution in [3.8, 4) is 73.6 Å². The van der Waals surface area contributed by atoms with Crippen molar-refractivity contribution in [1.82, 2.24) is 15.0 Å². The van der Waals surface area contributed by atoms with Crippen molar-refractivity contribution in [3.05, 3.63) is 210 Å². The zero-order valence-electron chi connectivity index (χ0n) is 37.7. The number of rotatable bonds is 7. The topological polar surface area (TPSA) is 62.5 Å². The Morgan fingerprint density at radius 3 is 1.66 bits per heavy atom. The first-order chi connectivity index (χ1) is 32.8. The second-order valence-electron chi connectivity index (χ2n) is 20.7. The molecule has 0 amide bonds. The van der Waals surface area contributed by atoms with Gasteiger partial charge in [-0.1, -0.05) is 184 Å². The molecule has 4 fully saturated rings. The van der Waals surface area contributed by atoms with E-state index in [0.29, 0.717) is 40.3 Å². The van der Waals surface area contributed by atoms with Crippen molar-refractivity contribution >= 4 is 10.8 Å². The number of hydrogen-bond donors (Lipinski definition) is 0. The summed E-state index contributed by atoms with van der Waals surface area (Å²) < 4.78 is 0. The van der Waals surface area contributed by atoms with Crippen molar-refractivity contribution in [2.45, 2.75) is 50.4 Å². The van der Waals surface area contributed by atoms with Gasteiger partial charge >= 0.3 is 0 Å². The minimum absolute atomic E-state index is 0.0146. The molecular weight excluding hydrogens is 813 g/mol. The van der Waals surface area contributed by atoms with Gasteiger partial charge in [0.1, 0.15) is 0 Å². The maximum Gasteiger partial charge on any atom is 0.164 e. The van der Waals surface area contributed by atoms with Gasteiger partial charge in [0.15, 0.2) is 17.5 Å². The maximum atomic E-state index is 9.73. The zero-order chi connectivity index (χ0) is 44.6. The molecule has 5 aliphatic carbocycles. The molecule has 4 saturated carbocycles. The summed E-state index contributed by atoms with van der Waals surface area (Å²) in [5, 5.41) is 11.8. The Kier molecular flexibility index (Phi) is 8.11. The molecule has 4 heteroatoms. The van der Waals surface area contributed by atoms with E-state index < -0.39 is 0 Å². The number of benzene rings is 8. The van der Waals surface area contributed by atoms with Crippen molar-refractivity contribution in [1.29, 1.82) is 5.26 Å². The van der Waals surface area contributed by atoms with E-state index in [1.807, 2.05) is 24.3 Å². The normalized spacial score (nSPS) is 24.3. The van der Waals surface area contributed by atoms with Gasteiger partial charge in [-0.2, -0.15) is 5.26 Å². The third kappa shape index (κ3) is 5.32. The minimum Gasteiger partial charge on any atom is -0.208 e. The Labute approximate surface area is 392 Å². The number of nitriles is 1. The van der Waals surface area contributed by atoms with Crippen molar-refractivity contribution in [3.63, 3.8) is 0 Å². The Morgan fingerprint density at radius 2 is 0.970 bits per heavy atom. The van der Waals surface area contributed by atoms with Gasteiger partial charge < -0.3 is 0 Å². The molecule has 5 aliphatic rings. The van der Waals surface area contributed by atoms with Gasteiger partial charge in [0, 0.05) is 32.9 Å². The zero-order valence-corrected chi connectivity index (χ0v) is 37.7. The lowest BCUT2D eigenvalue weighted by atomic mass is 9.33. The summed E-state index contributed by atoms with van der Waals surface area (Å²) in [7, 11) is 0. The molecule has 320 valence electrons. The fourth-order valence-corrected chi connectivity index (χ4v) is 14.6. The summed E-state index contributed by atoms with van der Waals surface area (Å²) in [6.07, 6.45) is 5.47. The summed E-state index contributed by atoms with van der Waals surface area (Å²) in [5.74, 6) is 5.19. The second kappa shape index (κ2) is 14.0. The molecule has 0 aliphatic heterocycles. The van der Waals surface area contributed by atoms with Crippen LogP contribution < -0.4 is 0 Å². The van der Waals surface area contributed by atoms with Gasteiger partial charge in [0.25, 0.3) is 0 Å². The van der Waals surface area contributed by atoms with E-state index in [-0.39, 0.29) is 10.8 Å². The molecule has 14 rings (SSSR count). The average Bonchev–Trinajstić information content (AvgIpc) is 3.97. The summed E-state index contributed by atoms with van der Waals surface area (Å²) in [4.78, 5) is 15.6. The van der Waals surface area contributed by atoms with E-state index in [2.05, 4.69) is 178 Å². The van der Waals surface area contributed by atoms with Crippen molar-refractivity contribution in [2.24, 2.45) is 29.1 Å². The molecule has 1 aromatic heterocycles. The largest absolute Gasteiger partial charge is 0.208 e. The first-order valence-electron chi connectivity index (χ1n) is 24.1. The molecule has 0 saturated heterocycles. The van der Waals surface area contributed by atoms with E-state index in [1.165, 1.54) is 70.2 Å². The van der Waals surface area contributed by atoms with E-state index >= 15 is 0 Å². The Morgan fingerprint density at radius 1 is 0.448 bits per heavy atom. The smallest absolute Gasteiger partial charge is 0.164 e. The predicted octanol–water partition coefficient (Wildman–Crippen LogP) is 14.9. The number of fused-ring (bicyclic) bond motifs is 5. The van der Waals surface area contributed by atoms with Gasteiger partial charge in [-0.25, -0.2) is 15.0 Å². The fraction of sp³-hybridized carbons (Fsp3) is 0.206. The molecule has 1 spiro atoms. The third-order valence-corrected chi connectivity index (χ3v) is 17.7. The van der Waals surface area contributed by atoms with E-state index in [9.17, 15) is 5.26 Å². The highest BCUT2D eigenvalue weighted by atomic mass is 15.0. The number of aromatic nitrogens is 3. The van der Waals surface area contributed by atoms with Crippen molar-refractivity contribution < 1.29 is 0 Å². The molecule has 8 aromatic carbocycles. The first kappa shape index (κ1) is 38.8. The van der Waals surface area contributed by atoms with Crippen LogP contribution in [0.4, 0.5) is 0 Å². The molecule has 0 N–H and O–H groups in total. The Balaban J connectivity index is 0.823. The van der Waals surface area contributed by atoms with Crippen LogP contribution in [0.3, 0.4) is 0 Å². The molecule has 1 heterocycles. The molecule has 4 nitrogen and oxygen atoms in total. The van der Waals surface area contributed by atoms with Crippen LogP contribution in [0.15, 0.2) is 182 Å². The summed E-state index contributed by atoms with van der Waals surface area (Å²) in [6, 6.07) is 68.5. The van der Waals surface area contributed by atoms with Gasteiger partial charge in [-0.15, -0.1) is 0 Å². The van der Waals surface area contributed by atoms with Gasteiger partial charge in [0.2, 0.25) is 0 Å². The molecule has 9 aromatic rings. The van der Waals surface area contributed by atoms with Gasteiger partial charge in [-0.3, -0.25) is 0 Å². The number of hydrogen-bond acceptors (Lipinski definition) is 4. The van der Waals surface area contributed by atoms with Crippen LogP contribution in [0.2, 0.25) is 0 Å². The van der Waals surface area contributed by atoms with Crippen LogP contribution in [0.1, 0.15) is 67.3 Å². The standard InChI is InChI=1S/C63H48N4/c1-61(2)55-15-9-8-14-53(55)54-31-24-43(32-56(54)61)60-66-58(41-10-4-3-5-11-41)65-59(67-60)42-22-28-46(29-23-42)63(49-34-47-33-48-35-57(63)62(47,48)36-49)45-26-20-39(21-27-45)38-16-18-40(19-17-38)51-30-25-44(37-64)50-12-6-7-13-52(50)51/h3-32,47-49,57H,33-36H2,1-2H3/t47?,48?,49?,57?,62?,63-/m1/s1. The van der Waals surface area contributed by atoms with E-state index in [0.717, 1.165) is 50.4 Å². The first-order valence-corrected chi connectivity index (χ1v) is 24.1. The molecule has 67 heavy (non-hydrogen) atoms. The maximum absolute atomic E-state index is 9.73. The number of nitrogens with zero attached hydrogens (tertiary/aromatic N) is 4. The third-order valence-electron chi connectivity index (χ3n) is 17.7. The summed E-state index contributed by atoms with van der Waals surface area (Å²) in [6.45, 7) is 4.65. The van der Waals surface area contributed by atoms with E-state index in [1.54, 1.807) is 0 Å². The van der Waals surface area contributed by atoms with Crippen LogP contribution in [-0.4, -0.2) is 15.0 Å². The van der Waals surface area contributed by atoms with Crippen LogP contribution in [0.25, 0.3) is 78.3 Å². The SMILES string of the molecule is CC1(C)c2ccccc2-c2ccc(-c3nc(-c4ccccc4)nc(-c4ccc([C@]5(c6ccc(-c7ccc(-c8ccc(C#N)c9ccccc89)cc7)cc6)C6CC7CC8CC5C78C6)cc4)n3)cc21. The minimum atomic E-state index is -0.124. The summed E-state index contributed by atoms with van der Waals surface area (Å²) >= 11 is 0. The lowest BCUT2D eigenvalue weighted by Crippen LogP contribution is -2.65. The monoisotopic (exact) mass is 860 g/mol. The predicted molar refractivity (Wildman–Crippen MR) is 269 cm³/mol. The fourth-order valence-electron chi connectivity index (χ4n) is 14.6. The molecule has 2 bridgehead atoms. The molecule has 6 atom stereocenters. The highest BCUT2D eigenvalue weighted by Gasteiger charge is 2.81. The van der Waals surface area contributed by atoms with Gasteiger partial charge in [-0.05, 0) is 128 Å². The lowest BCUT2D eigenvalue weighted by Gasteiger charge is -2.70. The van der Waals surface area contributed by atoms with Crippen molar-refractivity contribution in [2.75, 3.05) is 0 Å². The van der Waals surface area contributed by atoms with Crippen LogP contribution >= 0.6 is 0 Å². The molecular formula is C63H48N4. The van der Waals surface area contributed by atoms with Crippen LogP contribution in [0, 0.1) is 40.4 Å². The highest BCUT2D eigenvalue weighted by molar-refractivity contribution is 6.00. The average molecular weight is 861 g/mol. The quantitative estimate of drug-likeness (QED) is 0.160. The Hall–Kier alpha value is -7.48. The second-order valence-corrected chi connectivity index (χ2v) is 20.7. The molecule has 0 radical (unpaired) electrons. The lowest BCUT2D eigenvalue weighted by molar-refractivity contribution is -0.194. The van der Waals surface area contributed by atoms with Crippen LogP contribution in [-0.2, 0) is 10.8 Å². The van der Waals surface area contributed by atoms with Crippen LogP contribution in [0.5, 0.6) is 0 Å². The van der Waals surface area contributed by atoms with Gasteiger partial charge in [0.05, 0.1) is 11.6 Å². The summed E-state index contributed by atoms with van der Waals surface area (Å²) in [5.41, 5.74) is 17.0. The Bertz CT molecular complexity index is 3530. The molecule has 5 unspecified atom stereocenters. The van der Waals surface area contributed by atoms with E-state index in [4.69, 9.17) is 15.0 Å². The highest BCUT2D eigenvalue weighted by Crippen LogP contribution is 2.86.